The Kier molecular flexibility index (Phi) is 5.06. The molecular weight excluding hydrogens is 322 g/mol. The highest BCUT2D eigenvalue weighted by atomic mass is 79.9. The second-order valence-electron chi connectivity index (χ2n) is 4.28. The summed E-state index contributed by atoms with van der Waals surface area (Å²) in [6, 6.07) is 16.3. The van der Waals surface area contributed by atoms with E-state index in [4.69, 9.17) is 11.6 Å². The molecule has 0 saturated carbocycles. The van der Waals surface area contributed by atoms with Crippen molar-refractivity contribution < 1.29 is 0 Å². The van der Waals surface area contributed by atoms with E-state index in [0.717, 1.165) is 21.6 Å². The molecule has 0 aliphatic heterocycles. The molecule has 0 aromatic heterocycles. The van der Waals surface area contributed by atoms with Gasteiger partial charge >= 0.3 is 0 Å². The molecule has 0 aliphatic rings. The first kappa shape index (κ1) is 14.2. The summed E-state index contributed by atoms with van der Waals surface area (Å²) in [6.45, 7) is 3.83. The summed E-state index contributed by atoms with van der Waals surface area (Å²) in [5.74, 6) is 0. The summed E-state index contributed by atoms with van der Waals surface area (Å²) in [4.78, 5) is 0. The van der Waals surface area contributed by atoms with Gasteiger partial charge in [-0.15, -0.1) is 6.58 Å². The Bertz CT molecular complexity index is 534. The zero-order valence-electron chi connectivity index (χ0n) is 10.4. The molecule has 1 N–H and O–H groups in total. The van der Waals surface area contributed by atoms with Crippen LogP contribution in [0.2, 0.25) is 5.02 Å². The molecule has 0 spiro atoms. The third-order valence-electron chi connectivity index (χ3n) is 2.86. The van der Waals surface area contributed by atoms with Crippen LogP contribution in [0, 0.1) is 0 Å². The van der Waals surface area contributed by atoms with Crippen LogP contribution >= 0.6 is 27.5 Å². The summed E-state index contributed by atoms with van der Waals surface area (Å²) in [6.07, 6.45) is 2.78. The third kappa shape index (κ3) is 4.12. The quantitative estimate of drug-likeness (QED) is 0.677. The second kappa shape index (κ2) is 6.78. The van der Waals surface area contributed by atoms with Crippen LogP contribution < -0.4 is 5.32 Å². The monoisotopic (exact) mass is 335 g/mol. The maximum absolute atomic E-state index is 5.93. The first-order valence-corrected chi connectivity index (χ1v) is 7.24. The summed E-state index contributed by atoms with van der Waals surface area (Å²) < 4.78 is 1.07. The van der Waals surface area contributed by atoms with Crippen LogP contribution in [0.1, 0.15) is 18.0 Å². The van der Waals surface area contributed by atoms with Crippen molar-refractivity contribution in [1.29, 1.82) is 0 Å². The van der Waals surface area contributed by atoms with Crippen LogP contribution in [-0.4, -0.2) is 0 Å². The largest absolute Gasteiger partial charge is 0.378 e. The molecule has 2 aromatic carbocycles. The van der Waals surface area contributed by atoms with Gasteiger partial charge in [-0.05, 0) is 48.4 Å². The van der Waals surface area contributed by atoms with Crippen LogP contribution in [-0.2, 0) is 0 Å². The van der Waals surface area contributed by atoms with E-state index in [9.17, 15) is 0 Å². The Morgan fingerprint density at radius 2 is 1.74 bits per heavy atom. The SMILES string of the molecule is C=CCC(Nc1ccc(Br)cc1)c1ccc(Cl)cc1. The minimum absolute atomic E-state index is 0.205. The molecule has 19 heavy (non-hydrogen) atoms. The van der Waals surface area contributed by atoms with E-state index in [1.165, 1.54) is 5.56 Å². The molecular formula is C16H15BrClN. The van der Waals surface area contributed by atoms with E-state index in [2.05, 4.69) is 40.0 Å². The van der Waals surface area contributed by atoms with Gasteiger partial charge in [0.1, 0.15) is 0 Å². The fraction of sp³-hybridized carbons (Fsp3) is 0.125. The summed E-state index contributed by atoms with van der Waals surface area (Å²) in [5.41, 5.74) is 2.29. The molecule has 0 heterocycles. The molecule has 1 unspecified atom stereocenters. The molecule has 1 nitrogen and oxygen atoms in total. The minimum Gasteiger partial charge on any atom is -0.378 e. The van der Waals surface area contributed by atoms with E-state index in [1.807, 2.05) is 42.5 Å². The lowest BCUT2D eigenvalue weighted by atomic mass is 10.0. The van der Waals surface area contributed by atoms with E-state index in [1.54, 1.807) is 0 Å². The molecule has 1 atom stereocenters. The van der Waals surface area contributed by atoms with E-state index < -0.39 is 0 Å². The third-order valence-corrected chi connectivity index (χ3v) is 3.64. The van der Waals surface area contributed by atoms with Crippen LogP contribution in [0.25, 0.3) is 0 Å². The maximum atomic E-state index is 5.93. The zero-order valence-corrected chi connectivity index (χ0v) is 12.8. The minimum atomic E-state index is 0.205. The van der Waals surface area contributed by atoms with Gasteiger partial charge in [0.2, 0.25) is 0 Å². The Morgan fingerprint density at radius 1 is 1.11 bits per heavy atom. The fourth-order valence-corrected chi connectivity index (χ4v) is 2.28. The molecule has 98 valence electrons. The number of rotatable bonds is 5. The Labute approximate surface area is 127 Å². The predicted molar refractivity (Wildman–Crippen MR) is 86.8 cm³/mol. The second-order valence-corrected chi connectivity index (χ2v) is 5.63. The number of hydrogen-bond donors (Lipinski definition) is 1. The molecule has 0 radical (unpaired) electrons. The highest BCUT2D eigenvalue weighted by molar-refractivity contribution is 9.10. The number of hydrogen-bond acceptors (Lipinski definition) is 1. The van der Waals surface area contributed by atoms with Crippen LogP contribution in [0.4, 0.5) is 5.69 Å². The van der Waals surface area contributed by atoms with Gasteiger partial charge in [-0.1, -0.05) is 45.7 Å². The van der Waals surface area contributed by atoms with Gasteiger partial charge in [-0.2, -0.15) is 0 Å². The molecule has 2 rings (SSSR count). The zero-order chi connectivity index (χ0) is 13.7. The molecule has 3 heteroatoms. The van der Waals surface area contributed by atoms with Gasteiger partial charge in [-0.3, -0.25) is 0 Å². The van der Waals surface area contributed by atoms with Crippen molar-refractivity contribution in [3.8, 4) is 0 Å². The van der Waals surface area contributed by atoms with Crippen molar-refractivity contribution in [2.75, 3.05) is 5.32 Å². The number of halogens is 2. The average Bonchev–Trinajstić information content (AvgIpc) is 2.42. The van der Waals surface area contributed by atoms with Crippen molar-refractivity contribution in [3.05, 3.63) is 76.2 Å². The van der Waals surface area contributed by atoms with E-state index >= 15 is 0 Å². The van der Waals surface area contributed by atoms with E-state index in [0.29, 0.717) is 0 Å². The lowest BCUT2D eigenvalue weighted by Gasteiger charge is -2.19. The summed E-state index contributed by atoms with van der Waals surface area (Å²) in [7, 11) is 0. The summed E-state index contributed by atoms with van der Waals surface area (Å²) in [5, 5.41) is 4.26. The highest BCUT2D eigenvalue weighted by Gasteiger charge is 2.09. The van der Waals surface area contributed by atoms with Gasteiger partial charge in [0, 0.05) is 15.2 Å². The molecule has 0 amide bonds. The Balaban J connectivity index is 2.18. The fourth-order valence-electron chi connectivity index (χ4n) is 1.89. The number of anilines is 1. The Hall–Kier alpha value is -1.25. The Morgan fingerprint density at radius 3 is 2.32 bits per heavy atom. The summed E-state index contributed by atoms with van der Waals surface area (Å²) >= 11 is 9.36. The van der Waals surface area contributed by atoms with Crippen LogP contribution in [0.15, 0.2) is 65.7 Å². The van der Waals surface area contributed by atoms with Crippen LogP contribution in [0.3, 0.4) is 0 Å². The van der Waals surface area contributed by atoms with Gasteiger partial charge in [0.25, 0.3) is 0 Å². The molecule has 0 aliphatic carbocycles. The van der Waals surface area contributed by atoms with Crippen molar-refractivity contribution in [2.24, 2.45) is 0 Å². The smallest absolute Gasteiger partial charge is 0.0548 e. The standard InChI is InChI=1S/C16H15BrClN/c1-2-3-16(12-4-8-14(18)9-5-12)19-15-10-6-13(17)7-11-15/h2,4-11,16,19H,1,3H2. The van der Waals surface area contributed by atoms with Crippen molar-refractivity contribution in [3.63, 3.8) is 0 Å². The van der Waals surface area contributed by atoms with Gasteiger partial charge in [0.05, 0.1) is 6.04 Å². The maximum Gasteiger partial charge on any atom is 0.0548 e. The van der Waals surface area contributed by atoms with Crippen molar-refractivity contribution in [1.82, 2.24) is 0 Å². The topological polar surface area (TPSA) is 12.0 Å². The number of nitrogens with one attached hydrogen (secondary N) is 1. The molecule has 0 bridgehead atoms. The average molecular weight is 337 g/mol. The first-order valence-electron chi connectivity index (χ1n) is 6.07. The van der Waals surface area contributed by atoms with Crippen molar-refractivity contribution in [2.45, 2.75) is 12.5 Å². The molecule has 0 fully saturated rings. The normalized spacial score (nSPS) is 11.9. The lowest BCUT2D eigenvalue weighted by Crippen LogP contribution is -2.09. The van der Waals surface area contributed by atoms with Gasteiger partial charge in [-0.25, -0.2) is 0 Å². The first-order chi connectivity index (χ1) is 9.19. The van der Waals surface area contributed by atoms with Crippen LogP contribution in [0.5, 0.6) is 0 Å². The van der Waals surface area contributed by atoms with Crippen molar-refractivity contribution >= 4 is 33.2 Å². The predicted octanol–water partition coefficient (Wildman–Crippen LogP) is 5.83. The molecule has 2 aromatic rings. The molecule has 0 saturated heterocycles. The highest BCUT2D eigenvalue weighted by Crippen LogP contribution is 2.25. The van der Waals surface area contributed by atoms with Gasteiger partial charge in [0.15, 0.2) is 0 Å². The van der Waals surface area contributed by atoms with E-state index in [-0.39, 0.29) is 6.04 Å². The van der Waals surface area contributed by atoms with Gasteiger partial charge < -0.3 is 5.32 Å². The lowest BCUT2D eigenvalue weighted by molar-refractivity contribution is 0.799. The number of benzene rings is 2.